The summed E-state index contributed by atoms with van der Waals surface area (Å²) in [5, 5.41) is 8.12. The van der Waals surface area contributed by atoms with E-state index < -0.39 is 0 Å². The summed E-state index contributed by atoms with van der Waals surface area (Å²) in [5.74, 6) is 2.11. The van der Waals surface area contributed by atoms with Gasteiger partial charge in [0.15, 0.2) is 0 Å². The largest absolute Gasteiger partial charge is 0.423 e. The molecule has 3 rings (SSSR count). The van der Waals surface area contributed by atoms with E-state index in [1.807, 2.05) is 18.4 Å². The molecule has 1 aliphatic rings. The monoisotopic (exact) mass is 321 g/mol. The van der Waals surface area contributed by atoms with E-state index in [0.717, 1.165) is 18.8 Å². The van der Waals surface area contributed by atoms with Gasteiger partial charge < -0.3 is 4.42 Å². The van der Waals surface area contributed by atoms with Crippen LogP contribution in [0.2, 0.25) is 0 Å². The summed E-state index contributed by atoms with van der Waals surface area (Å²) in [6.07, 6.45) is 5.70. The average molecular weight is 321 g/mol. The molecule has 0 aliphatic heterocycles. The SMILES string of the molecule is CCCC1CCc2c(sc(=O)n2Cc2nnc(C(C)C)o2)C1. The van der Waals surface area contributed by atoms with E-state index in [1.165, 1.54) is 41.2 Å². The first-order valence-electron chi connectivity index (χ1n) is 8.12. The molecule has 0 aromatic carbocycles. The van der Waals surface area contributed by atoms with Crippen LogP contribution >= 0.6 is 11.3 Å². The molecule has 0 radical (unpaired) electrons. The highest BCUT2D eigenvalue weighted by Gasteiger charge is 2.24. The van der Waals surface area contributed by atoms with Crippen LogP contribution in [-0.4, -0.2) is 14.8 Å². The highest BCUT2D eigenvalue weighted by atomic mass is 32.1. The van der Waals surface area contributed by atoms with Crippen molar-refractivity contribution < 1.29 is 4.42 Å². The minimum Gasteiger partial charge on any atom is -0.423 e. The lowest BCUT2D eigenvalue weighted by molar-refractivity contribution is 0.401. The molecule has 1 unspecified atom stereocenters. The molecule has 2 aromatic rings. The number of rotatable bonds is 5. The number of fused-ring (bicyclic) bond motifs is 1. The van der Waals surface area contributed by atoms with Crippen LogP contribution in [0, 0.1) is 5.92 Å². The molecule has 0 spiro atoms. The van der Waals surface area contributed by atoms with Gasteiger partial charge in [-0.1, -0.05) is 44.9 Å². The number of thiazole rings is 1. The van der Waals surface area contributed by atoms with Crippen molar-refractivity contribution in [2.24, 2.45) is 5.92 Å². The number of hydrogen-bond donors (Lipinski definition) is 0. The van der Waals surface area contributed by atoms with Crippen molar-refractivity contribution >= 4 is 11.3 Å². The first kappa shape index (κ1) is 15.5. The second kappa shape index (κ2) is 6.36. The normalized spacial score (nSPS) is 17.9. The summed E-state index contributed by atoms with van der Waals surface area (Å²) in [4.78, 5) is 13.7. The zero-order chi connectivity index (χ0) is 15.7. The molecular weight excluding hydrogens is 298 g/mol. The lowest BCUT2D eigenvalue weighted by atomic mass is 9.88. The molecule has 120 valence electrons. The maximum Gasteiger partial charge on any atom is 0.308 e. The first-order valence-corrected chi connectivity index (χ1v) is 8.93. The molecule has 2 heterocycles. The van der Waals surface area contributed by atoms with Gasteiger partial charge in [0.1, 0.15) is 6.54 Å². The van der Waals surface area contributed by atoms with Crippen molar-refractivity contribution in [3.05, 3.63) is 32.0 Å². The molecule has 0 N–H and O–H groups in total. The maximum absolute atomic E-state index is 12.3. The van der Waals surface area contributed by atoms with Crippen molar-refractivity contribution in [1.29, 1.82) is 0 Å². The summed E-state index contributed by atoms with van der Waals surface area (Å²) in [5.41, 5.74) is 1.19. The van der Waals surface area contributed by atoms with Crippen molar-refractivity contribution in [3.8, 4) is 0 Å². The van der Waals surface area contributed by atoms with E-state index >= 15 is 0 Å². The molecule has 0 amide bonds. The quantitative estimate of drug-likeness (QED) is 0.847. The predicted octanol–water partition coefficient (Wildman–Crippen LogP) is 3.37. The number of aromatic nitrogens is 3. The molecule has 1 atom stereocenters. The van der Waals surface area contributed by atoms with Gasteiger partial charge in [-0.3, -0.25) is 9.36 Å². The summed E-state index contributed by atoms with van der Waals surface area (Å²) in [7, 11) is 0. The van der Waals surface area contributed by atoms with E-state index in [1.54, 1.807) is 0 Å². The Labute approximate surface area is 134 Å². The Morgan fingerprint density at radius 2 is 2.23 bits per heavy atom. The van der Waals surface area contributed by atoms with E-state index in [9.17, 15) is 4.79 Å². The minimum absolute atomic E-state index is 0.103. The van der Waals surface area contributed by atoms with Crippen molar-refractivity contribution in [2.45, 2.75) is 65.3 Å². The fourth-order valence-corrected chi connectivity index (χ4v) is 4.28. The van der Waals surface area contributed by atoms with E-state index in [0.29, 0.717) is 18.3 Å². The fraction of sp³-hybridized carbons (Fsp3) is 0.688. The molecule has 0 saturated carbocycles. The third kappa shape index (κ3) is 3.02. The molecule has 6 heteroatoms. The van der Waals surface area contributed by atoms with Gasteiger partial charge in [0, 0.05) is 16.5 Å². The summed E-state index contributed by atoms with van der Waals surface area (Å²) >= 11 is 1.40. The van der Waals surface area contributed by atoms with Crippen LogP contribution in [0.3, 0.4) is 0 Å². The molecule has 0 bridgehead atoms. The predicted molar refractivity (Wildman–Crippen MR) is 86.5 cm³/mol. The van der Waals surface area contributed by atoms with Crippen molar-refractivity contribution in [2.75, 3.05) is 0 Å². The smallest absolute Gasteiger partial charge is 0.308 e. The summed E-state index contributed by atoms with van der Waals surface area (Å²) in [6.45, 7) is 6.67. The first-order chi connectivity index (χ1) is 10.6. The molecular formula is C16H23N3O2S. The Bertz CT molecular complexity index is 699. The van der Waals surface area contributed by atoms with Gasteiger partial charge in [0.2, 0.25) is 11.8 Å². The Hall–Kier alpha value is -1.43. The van der Waals surface area contributed by atoms with Crippen LogP contribution in [0.5, 0.6) is 0 Å². The van der Waals surface area contributed by atoms with E-state index in [-0.39, 0.29) is 10.8 Å². The minimum atomic E-state index is 0.103. The lowest BCUT2D eigenvalue weighted by Crippen LogP contribution is -2.20. The van der Waals surface area contributed by atoms with Gasteiger partial charge in [-0.2, -0.15) is 0 Å². The second-order valence-electron chi connectivity index (χ2n) is 6.41. The zero-order valence-corrected chi connectivity index (χ0v) is 14.3. The highest BCUT2D eigenvalue weighted by molar-refractivity contribution is 7.09. The Kier molecular flexibility index (Phi) is 4.47. The third-order valence-electron chi connectivity index (χ3n) is 4.31. The molecule has 0 saturated heterocycles. The van der Waals surface area contributed by atoms with Gasteiger partial charge in [-0.25, -0.2) is 0 Å². The van der Waals surface area contributed by atoms with Gasteiger partial charge in [-0.15, -0.1) is 10.2 Å². The molecule has 1 aliphatic carbocycles. The second-order valence-corrected chi connectivity index (χ2v) is 7.46. The molecule has 0 fully saturated rings. The van der Waals surface area contributed by atoms with Crippen LogP contribution in [0.4, 0.5) is 0 Å². The molecule has 5 nitrogen and oxygen atoms in total. The highest BCUT2D eigenvalue weighted by Crippen LogP contribution is 2.30. The topological polar surface area (TPSA) is 60.9 Å². The maximum atomic E-state index is 12.3. The molecule has 2 aromatic heterocycles. The standard InChI is InChI=1S/C16H23N3O2S/c1-4-5-11-6-7-12-13(8-11)22-16(20)19(12)9-14-17-18-15(21-14)10(2)3/h10-11H,4-9H2,1-3H3. The lowest BCUT2D eigenvalue weighted by Gasteiger charge is -2.22. The zero-order valence-electron chi connectivity index (χ0n) is 13.5. The van der Waals surface area contributed by atoms with Crippen molar-refractivity contribution in [3.63, 3.8) is 0 Å². The Morgan fingerprint density at radius 1 is 1.41 bits per heavy atom. The Balaban J connectivity index is 1.82. The van der Waals surface area contributed by atoms with Crippen LogP contribution in [0.15, 0.2) is 9.21 Å². The van der Waals surface area contributed by atoms with Gasteiger partial charge >= 0.3 is 4.87 Å². The van der Waals surface area contributed by atoms with Gasteiger partial charge in [0.05, 0.1) is 0 Å². The Morgan fingerprint density at radius 3 is 2.91 bits per heavy atom. The van der Waals surface area contributed by atoms with Crippen LogP contribution < -0.4 is 4.87 Å². The third-order valence-corrected chi connectivity index (χ3v) is 5.35. The van der Waals surface area contributed by atoms with E-state index in [2.05, 4.69) is 17.1 Å². The van der Waals surface area contributed by atoms with Gasteiger partial charge in [0.25, 0.3) is 0 Å². The summed E-state index contributed by atoms with van der Waals surface area (Å²) < 4.78 is 7.48. The average Bonchev–Trinajstić information content (AvgIpc) is 3.05. The van der Waals surface area contributed by atoms with E-state index in [4.69, 9.17) is 4.42 Å². The van der Waals surface area contributed by atoms with Crippen LogP contribution in [0.1, 0.15) is 68.3 Å². The number of nitrogens with zero attached hydrogens (tertiary/aromatic N) is 3. The van der Waals surface area contributed by atoms with Gasteiger partial charge in [-0.05, 0) is 25.2 Å². The number of hydrogen-bond acceptors (Lipinski definition) is 5. The molecule has 22 heavy (non-hydrogen) atoms. The van der Waals surface area contributed by atoms with Crippen LogP contribution in [-0.2, 0) is 19.4 Å². The van der Waals surface area contributed by atoms with Crippen molar-refractivity contribution in [1.82, 2.24) is 14.8 Å². The fourth-order valence-electron chi connectivity index (χ4n) is 3.13. The summed E-state index contributed by atoms with van der Waals surface area (Å²) in [6, 6.07) is 0. The van der Waals surface area contributed by atoms with Crippen LogP contribution in [0.25, 0.3) is 0 Å².